The summed E-state index contributed by atoms with van der Waals surface area (Å²) >= 11 is 0. The number of aliphatic imine (C=N–C) groups is 1. The number of hydrogen-bond donors (Lipinski definition) is 1. The SMILES string of the molecule is CCC1(CC)c2cc(C(=O)C(C)=NC)ccc2-c2c([N+](=O)[O-])cc(C(=O)/C(C)=N/O)cc21. The Kier molecular flexibility index (Phi) is 6.07. The fraction of sp³-hybridized carbons (Fsp3) is 0.333. The Morgan fingerprint density at radius 3 is 2.12 bits per heavy atom. The molecule has 0 radical (unpaired) electrons. The summed E-state index contributed by atoms with van der Waals surface area (Å²) < 4.78 is 0. The molecule has 2 aromatic rings. The zero-order valence-corrected chi connectivity index (χ0v) is 18.7. The van der Waals surface area contributed by atoms with E-state index in [1.165, 1.54) is 13.0 Å². The van der Waals surface area contributed by atoms with Crippen LogP contribution in [-0.2, 0) is 5.41 Å². The predicted octanol–water partition coefficient (Wildman–Crippen LogP) is 4.99. The summed E-state index contributed by atoms with van der Waals surface area (Å²) in [5.74, 6) is -0.784. The Balaban J connectivity index is 2.38. The van der Waals surface area contributed by atoms with E-state index in [1.54, 1.807) is 38.2 Å². The molecule has 0 amide bonds. The van der Waals surface area contributed by atoms with Crippen molar-refractivity contribution >= 4 is 28.7 Å². The zero-order valence-electron chi connectivity index (χ0n) is 18.7. The van der Waals surface area contributed by atoms with E-state index >= 15 is 0 Å². The Hall–Kier alpha value is -3.68. The van der Waals surface area contributed by atoms with Crippen molar-refractivity contribution < 1.29 is 19.7 Å². The van der Waals surface area contributed by atoms with E-state index in [-0.39, 0.29) is 22.7 Å². The van der Waals surface area contributed by atoms with Crippen LogP contribution in [0.2, 0.25) is 0 Å². The predicted molar refractivity (Wildman–Crippen MR) is 122 cm³/mol. The van der Waals surface area contributed by atoms with E-state index < -0.39 is 16.1 Å². The van der Waals surface area contributed by atoms with Crippen molar-refractivity contribution in [1.29, 1.82) is 0 Å². The van der Waals surface area contributed by atoms with Gasteiger partial charge < -0.3 is 5.21 Å². The van der Waals surface area contributed by atoms with Gasteiger partial charge >= 0.3 is 0 Å². The molecule has 32 heavy (non-hydrogen) atoms. The summed E-state index contributed by atoms with van der Waals surface area (Å²) in [6, 6.07) is 8.09. The van der Waals surface area contributed by atoms with Gasteiger partial charge in [0.2, 0.25) is 11.6 Å². The average molecular weight is 435 g/mol. The number of nitrogens with zero attached hydrogens (tertiary/aromatic N) is 3. The van der Waals surface area contributed by atoms with E-state index in [4.69, 9.17) is 5.21 Å². The van der Waals surface area contributed by atoms with Crippen molar-refractivity contribution in [3.05, 3.63) is 62.7 Å². The minimum Gasteiger partial charge on any atom is -0.411 e. The van der Waals surface area contributed by atoms with Crippen LogP contribution in [-0.4, -0.2) is 40.2 Å². The van der Waals surface area contributed by atoms with Gasteiger partial charge in [-0.15, -0.1) is 0 Å². The van der Waals surface area contributed by atoms with Crippen molar-refractivity contribution in [1.82, 2.24) is 0 Å². The number of nitro groups is 1. The number of nitro benzene ring substituents is 1. The van der Waals surface area contributed by atoms with Crippen molar-refractivity contribution in [3.63, 3.8) is 0 Å². The van der Waals surface area contributed by atoms with Crippen LogP contribution >= 0.6 is 0 Å². The smallest absolute Gasteiger partial charge is 0.278 e. The third-order valence-corrected chi connectivity index (χ3v) is 6.51. The van der Waals surface area contributed by atoms with Crippen molar-refractivity contribution in [3.8, 4) is 11.1 Å². The first-order valence-electron chi connectivity index (χ1n) is 10.4. The summed E-state index contributed by atoms with van der Waals surface area (Å²) in [5, 5.41) is 24.0. The third kappa shape index (κ3) is 3.32. The summed E-state index contributed by atoms with van der Waals surface area (Å²) in [6.45, 7) is 6.95. The minimum atomic E-state index is -0.608. The number of carbonyl (C=O) groups excluding carboxylic acids is 2. The van der Waals surface area contributed by atoms with E-state index in [0.29, 0.717) is 40.8 Å². The quantitative estimate of drug-likeness (QED) is 0.216. The van der Waals surface area contributed by atoms with Crippen LogP contribution in [0.4, 0.5) is 5.69 Å². The second kappa shape index (κ2) is 8.45. The molecule has 1 N–H and O–H groups in total. The summed E-state index contributed by atoms with van der Waals surface area (Å²) in [6.07, 6.45) is 1.23. The van der Waals surface area contributed by atoms with Gasteiger partial charge in [0, 0.05) is 29.7 Å². The zero-order chi connectivity index (χ0) is 23.8. The summed E-state index contributed by atoms with van der Waals surface area (Å²) in [5.41, 5.74) is 2.62. The lowest BCUT2D eigenvalue weighted by Gasteiger charge is -2.30. The molecule has 0 saturated carbocycles. The number of benzene rings is 2. The fourth-order valence-corrected chi connectivity index (χ4v) is 4.58. The lowest BCUT2D eigenvalue weighted by atomic mass is 9.73. The van der Waals surface area contributed by atoms with Crippen LogP contribution in [0, 0.1) is 10.1 Å². The van der Waals surface area contributed by atoms with Gasteiger partial charge in [-0.05, 0) is 55.5 Å². The molecular weight excluding hydrogens is 410 g/mol. The monoisotopic (exact) mass is 435 g/mol. The molecule has 2 aromatic carbocycles. The molecule has 0 bridgehead atoms. The molecule has 3 rings (SSSR count). The lowest BCUT2D eigenvalue weighted by Crippen LogP contribution is -2.24. The van der Waals surface area contributed by atoms with Gasteiger partial charge in [-0.2, -0.15) is 0 Å². The van der Waals surface area contributed by atoms with E-state index in [2.05, 4.69) is 10.1 Å². The van der Waals surface area contributed by atoms with Crippen molar-refractivity contribution in [2.75, 3.05) is 7.05 Å². The largest absolute Gasteiger partial charge is 0.411 e. The molecular formula is C24H25N3O5. The molecule has 166 valence electrons. The molecule has 1 aliphatic rings. The third-order valence-electron chi connectivity index (χ3n) is 6.51. The van der Waals surface area contributed by atoms with Crippen LogP contribution in [0.15, 0.2) is 40.5 Å². The second-order valence-corrected chi connectivity index (χ2v) is 7.88. The molecule has 0 aromatic heterocycles. The second-order valence-electron chi connectivity index (χ2n) is 7.88. The Bertz CT molecular complexity index is 1210. The first kappa shape index (κ1) is 23.0. The topological polar surface area (TPSA) is 122 Å². The molecule has 0 heterocycles. The maximum Gasteiger partial charge on any atom is 0.278 e. The molecule has 0 unspecified atom stereocenters. The number of ketones is 2. The summed E-state index contributed by atoms with van der Waals surface area (Å²) in [4.78, 5) is 40.9. The normalized spacial score (nSPS) is 14.7. The number of Topliss-reactive ketones (excluding diaryl/α,β-unsaturated/α-hetero) is 2. The molecule has 0 spiro atoms. The van der Waals surface area contributed by atoms with Gasteiger partial charge in [-0.3, -0.25) is 24.7 Å². The Labute approximate surface area is 185 Å². The molecule has 0 atom stereocenters. The van der Waals surface area contributed by atoms with E-state index in [1.807, 2.05) is 13.8 Å². The fourth-order valence-electron chi connectivity index (χ4n) is 4.58. The van der Waals surface area contributed by atoms with Crippen LogP contribution in [0.5, 0.6) is 0 Å². The van der Waals surface area contributed by atoms with E-state index in [0.717, 1.165) is 5.56 Å². The van der Waals surface area contributed by atoms with Gasteiger partial charge in [0.05, 0.1) is 16.2 Å². The first-order valence-corrected chi connectivity index (χ1v) is 10.4. The number of oxime groups is 1. The molecule has 1 aliphatic carbocycles. The number of fused-ring (bicyclic) bond motifs is 3. The lowest BCUT2D eigenvalue weighted by molar-refractivity contribution is -0.384. The van der Waals surface area contributed by atoms with Gasteiger partial charge in [0.15, 0.2) is 0 Å². The maximum absolute atomic E-state index is 12.7. The van der Waals surface area contributed by atoms with Crippen LogP contribution in [0.25, 0.3) is 11.1 Å². The molecule has 0 aliphatic heterocycles. The van der Waals surface area contributed by atoms with Crippen LogP contribution < -0.4 is 0 Å². The number of hydrogen-bond acceptors (Lipinski definition) is 7. The summed E-state index contributed by atoms with van der Waals surface area (Å²) in [7, 11) is 1.55. The standard InChI is InChI=1S/C24H25N3O5/c1-6-24(7-2)18-10-15(22(28)13(3)25-5)8-9-17(18)21-19(24)11-16(12-20(21)27(31)32)23(29)14(4)26-30/h8-12,30H,6-7H2,1-5H3/b25-13?,26-14+. The molecule has 8 nitrogen and oxygen atoms in total. The van der Waals surface area contributed by atoms with Gasteiger partial charge in [0.25, 0.3) is 5.69 Å². The van der Waals surface area contributed by atoms with Gasteiger partial charge in [-0.25, -0.2) is 0 Å². The highest BCUT2D eigenvalue weighted by Crippen LogP contribution is 2.56. The van der Waals surface area contributed by atoms with Crippen molar-refractivity contribution in [2.45, 2.75) is 46.0 Å². The number of carbonyl (C=O) groups is 2. The Morgan fingerprint density at radius 1 is 1.00 bits per heavy atom. The highest BCUT2D eigenvalue weighted by molar-refractivity contribution is 6.45. The van der Waals surface area contributed by atoms with Crippen LogP contribution in [0.1, 0.15) is 72.4 Å². The van der Waals surface area contributed by atoms with E-state index in [9.17, 15) is 19.7 Å². The molecule has 0 fully saturated rings. The first-order chi connectivity index (χ1) is 15.2. The molecule has 8 heteroatoms. The van der Waals surface area contributed by atoms with Crippen molar-refractivity contribution in [2.24, 2.45) is 10.1 Å². The molecule has 0 saturated heterocycles. The number of rotatable bonds is 7. The van der Waals surface area contributed by atoms with Crippen LogP contribution in [0.3, 0.4) is 0 Å². The van der Waals surface area contributed by atoms with Gasteiger partial charge in [0.1, 0.15) is 5.71 Å². The Morgan fingerprint density at radius 2 is 1.59 bits per heavy atom. The highest BCUT2D eigenvalue weighted by Gasteiger charge is 2.45. The average Bonchev–Trinajstić information content (AvgIpc) is 3.10. The highest BCUT2D eigenvalue weighted by atomic mass is 16.6. The minimum absolute atomic E-state index is 0.0927. The maximum atomic E-state index is 12.7. The van der Waals surface area contributed by atoms with Gasteiger partial charge in [-0.1, -0.05) is 31.1 Å².